The van der Waals surface area contributed by atoms with Crippen LogP contribution < -0.4 is 5.73 Å². The zero-order chi connectivity index (χ0) is 12.8. The molecule has 2 heteroatoms. The summed E-state index contributed by atoms with van der Waals surface area (Å²) < 4.78 is 0. The van der Waals surface area contributed by atoms with Crippen LogP contribution in [0.3, 0.4) is 0 Å². The molecule has 2 atom stereocenters. The van der Waals surface area contributed by atoms with Gasteiger partial charge in [-0.05, 0) is 24.3 Å². The molecule has 0 aliphatic carbocycles. The van der Waals surface area contributed by atoms with Crippen LogP contribution in [0.15, 0.2) is 30.3 Å². The summed E-state index contributed by atoms with van der Waals surface area (Å²) in [6, 6.07) is 11.1. The summed E-state index contributed by atoms with van der Waals surface area (Å²) in [5, 5.41) is 0. The monoisotopic (exact) mass is 246 g/mol. The molecule has 0 aromatic heterocycles. The Morgan fingerprint density at radius 1 is 1.22 bits per heavy atom. The number of hydrogen-bond acceptors (Lipinski definition) is 2. The van der Waals surface area contributed by atoms with E-state index in [1.165, 1.54) is 37.8 Å². The normalized spacial score (nSPS) is 25.2. The van der Waals surface area contributed by atoms with Crippen molar-refractivity contribution in [2.24, 2.45) is 11.7 Å². The Hall–Kier alpha value is -0.860. The van der Waals surface area contributed by atoms with E-state index in [4.69, 9.17) is 5.73 Å². The lowest BCUT2D eigenvalue weighted by Gasteiger charge is -2.36. The van der Waals surface area contributed by atoms with Gasteiger partial charge in [-0.15, -0.1) is 0 Å². The Kier molecular flexibility index (Phi) is 5.21. The molecule has 1 aliphatic rings. The molecule has 1 heterocycles. The predicted octanol–water partition coefficient (Wildman–Crippen LogP) is 3.03. The van der Waals surface area contributed by atoms with Crippen molar-refractivity contribution in [1.82, 2.24) is 4.90 Å². The highest BCUT2D eigenvalue weighted by molar-refractivity contribution is 5.14. The van der Waals surface area contributed by atoms with Crippen molar-refractivity contribution in [3.8, 4) is 0 Å². The van der Waals surface area contributed by atoms with Crippen molar-refractivity contribution in [3.63, 3.8) is 0 Å². The van der Waals surface area contributed by atoms with E-state index in [0.29, 0.717) is 6.04 Å². The van der Waals surface area contributed by atoms with Crippen molar-refractivity contribution < 1.29 is 0 Å². The first-order chi connectivity index (χ1) is 8.78. The number of hydrogen-bond donors (Lipinski definition) is 1. The van der Waals surface area contributed by atoms with Crippen LogP contribution in [0.1, 0.15) is 38.2 Å². The summed E-state index contributed by atoms with van der Waals surface area (Å²) in [4.78, 5) is 2.53. The van der Waals surface area contributed by atoms with Crippen molar-refractivity contribution in [2.75, 3.05) is 13.1 Å². The van der Waals surface area contributed by atoms with Gasteiger partial charge in [0.15, 0.2) is 0 Å². The lowest BCUT2D eigenvalue weighted by atomic mass is 9.90. The van der Waals surface area contributed by atoms with Gasteiger partial charge in [0, 0.05) is 25.7 Å². The Bertz CT molecular complexity index is 336. The van der Waals surface area contributed by atoms with Gasteiger partial charge < -0.3 is 5.73 Å². The third-order valence-corrected chi connectivity index (χ3v) is 3.86. The maximum absolute atomic E-state index is 6.20. The second-order valence-electron chi connectivity index (χ2n) is 5.68. The average Bonchev–Trinajstić information content (AvgIpc) is 2.37. The van der Waals surface area contributed by atoms with Gasteiger partial charge >= 0.3 is 0 Å². The lowest BCUT2D eigenvalue weighted by molar-refractivity contribution is 0.143. The third kappa shape index (κ3) is 4.11. The Balaban J connectivity index is 1.88. The number of rotatable bonds is 5. The second kappa shape index (κ2) is 6.91. The van der Waals surface area contributed by atoms with Crippen molar-refractivity contribution in [3.05, 3.63) is 35.9 Å². The summed E-state index contributed by atoms with van der Waals surface area (Å²) in [5.41, 5.74) is 7.60. The number of piperidine rings is 1. The quantitative estimate of drug-likeness (QED) is 0.865. The zero-order valence-corrected chi connectivity index (χ0v) is 11.5. The fourth-order valence-electron chi connectivity index (χ4n) is 3.02. The second-order valence-corrected chi connectivity index (χ2v) is 5.68. The van der Waals surface area contributed by atoms with Crippen molar-refractivity contribution in [1.29, 1.82) is 0 Å². The van der Waals surface area contributed by atoms with E-state index in [2.05, 4.69) is 42.2 Å². The number of unbranched alkanes of at least 4 members (excludes halogenated alkanes) is 1. The Morgan fingerprint density at radius 2 is 2.00 bits per heavy atom. The molecule has 2 nitrogen and oxygen atoms in total. The summed E-state index contributed by atoms with van der Waals surface area (Å²) in [7, 11) is 0. The first-order valence-corrected chi connectivity index (χ1v) is 7.29. The molecule has 0 saturated carbocycles. The van der Waals surface area contributed by atoms with Gasteiger partial charge in [-0.3, -0.25) is 4.90 Å². The first-order valence-electron chi connectivity index (χ1n) is 7.29. The van der Waals surface area contributed by atoms with Crippen LogP contribution >= 0.6 is 0 Å². The van der Waals surface area contributed by atoms with Gasteiger partial charge in [0.2, 0.25) is 0 Å². The van der Waals surface area contributed by atoms with Crippen LogP contribution in [-0.2, 0) is 6.54 Å². The zero-order valence-electron chi connectivity index (χ0n) is 11.5. The Morgan fingerprint density at radius 3 is 2.72 bits per heavy atom. The van der Waals surface area contributed by atoms with Gasteiger partial charge in [-0.25, -0.2) is 0 Å². The molecule has 1 fully saturated rings. The summed E-state index contributed by atoms with van der Waals surface area (Å²) in [6.45, 7) is 5.60. The average molecular weight is 246 g/mol. The summed E-state index contributed by atoms with van der Waals surface area (Å²) in [5.74, 6) is 0.803. The van der Waals surface area contributed by atoms with Gasteiger partial charge in [-0.1, -0.05) is 50.1 Å². The molecule has 0 spiro atoms. The van der Waals surface area contributed by atoms with E-state index in [0.717, 1.165) is 19.0 Å². The number of nitrogens with two attached hydrogens (primary N) is 1. The van der Waals surface area contributed by atoms with Crippen LogP contribution in [0.4, 0.5) is 0 Å². The van der Waals surface area contributed by atoms with E-state index in [1.54, 1.807) is 0 Å². The topological polar surface area (TPSA) is 29.3 Å². The van der Waals surface area contributed by atoms with E-state index < -0.39 is 0 Å². The number of likely N-dealkylation sites (tertiary alicyclic amines) is 1. The van der Waals surface area contributed by atoms with Gasteiger partial charge in [0.25, 0.3) is 0 Å². The van der Waals surface area contributed by atoms with Crippen molar-refractivity contribution in [2.45, 2.75) is 45.2 Å². The van der Waals surface area contributed by atoms with Crippen LogP contribution in [0.25, 0.3) is 0 Å². The minimum atomic E-state index is 0.365. The van der Waals surface area contributed by atoms with Gasteiger partial charge in [-0.2, -0.15) is 0 Å². The molecule has 1 aromatic rings. The van der Waals surface area contributed by atoms with E-state index >= 15 is 0 Å². The fraction of sp³-hybridized carbons (Fsp3) is 0.625. The first kappa shape index (κ1) is 13.6. The van der Waals surface area contributed by atoms with Crippen molar-refractivity contribution >= 4 is 0 Å². The number of benzene rings is 1. The highest BCUT2D eigenvalue weighted by atomic mass is 15.1. The number of nitrogens with zero attached hydrogens (tertiary/aromatic N) is 1. The smallest absolute Gasteiger partial charge is 0.0234 e. The summed E-state index contributed by atoms with van der Waals surface area (Å²) in [6.07, 6.45) is 5.20. The standard InChI is InChI=1S/C16H26N2/c1-2-3-7-15-10-16(17)13-18(12-15)11-14-8-5-4-6-9-14/h4-6,8-9,15-16H,2-3,7,10-13,17H2,1H3. The van der Waals surface area contributed by atoms with E-state index in [1.807, 2.05) is 0 Å². The maximum Gasteiger partial charge on any atom is 0.0234 e. The molecule has 0 radical (unpaired) electrons. The molecule has 2 rings (SSSR count). The minimum absolute atomic E-state index is 0.365. The molecule has 2 unspecified atom stereocenters. The molecule has 18 heavy (non-hydrogen) atoms. The Labute approximate surface area is 111 Å². The van der Waals surface area contributed by atoms with Crippen LogP contribution in [0.5, 0.6) is 0 Å². The molecule has 1 aliphatic heterocycles. The van der Waals surface area contributed by atoms with Crippen LogP contribution in [0, 0.1) is 5.92 Å². The maximum atomic E-state index is 6.20. The van der Waals surface area contributed by atoms with Crippen LogP contribution in [0.2, 0.25) is 0 Å². The molecule has 1 aromatic carbocycles. The molecule has 0 amide bonds. The lowest BCUT2D eigenvalue weighted by Crippen LogP contribution is -2.46. The molecular weight excluding hydrogens is 220 g/mol. The largest absolute Gasteiger partial charge is 0.327 e. The predicted molar refractivity (Wildman–Crippen MR) is 77.3 cm³/mol. The highest BCUT2D eigenvalue weighted by Gasteiger charge is 2.24. The molecule has 2 N–H and O–H groups in total. The fourth-order valence-corrected chi connectivity index (χ4v) is 3.02. The molecular formula is C16H26N2. The molecule has 100 valence electrons. The van der Waals surface area contributed by atoms with Crippen LogP contribution in [-0.4, -0.2) is 24.0 Å². The third-order valence-electron chi connectivity index (χ3n) is 3.86. The summed E-state index contributed by atoms with van der Waals surface area (Å²) >= 11 is 0. The molecule has 1 saturated heterocycles. The van der Waals surface area contributed by atoms with Gasteiger partial charge in [0.1, 0.15) is 0 Å². The minimum Gasteiger partial charge on any atom is -0.327 e. The highest BCUT2D eigenvalue weighted by Crippen LogP contribution is 2.22. The van der Waals surface area contributed by atoms with Gasteiger partial charge in [0.05, 0.1) is 0 Å². The molecule has 0 bridgehead atoms. The SMILES string of the molecule is CCCCC1CC(N)CN(Cc2ccccc2)C1. The van der Waals surface area contributed by atoms with E-state index in [9.17, 15) is 0 Å². The van der Waals surface area contributed by atoms with E-state index in [-0.39, 0.29) is 0 Å².